The first-order valence-corrected chi connectivity index (χ1v) is 5.66. The predicted octanol–water partition coefficient (Wildman–Crippen LogP) is 2.52. The van der Waals surface area contributed by atoms with E-state index in [4.69, 9.17) is 0 Å². The monoisotopic (exact) mass is 246 g/mol. The Morgan fingerprint density at radius 3 is 2.78 bits per heavy atom. The fourth-order valence-electron chi connectivity index (χ4n) is 1.70. The van der Waals surface area contributed by atoms with Gasteiger partial charge in [0, 0.05) is 30.6 Å². The third kappa shape index (κ3) is 2.48. The molecule has 6 heteroatoms. The Morgan fingerprint density at radius 1 is 1.44 bits per heavy atom. The molecule has 2 rings (SSSR count). The summed E-state index contributed by atoms with van der Waals surface area (Å²) in [5, 5.41) is 18.2. The van der Waals surface area contributed by atoms with Gasteiger partial charge in [-0.3, -0.25) is 10.1 Å². The lowest BCUT2D eigenvalue weighted by Crippen LogP contribution is -2.02. The van der Waals surface area contributed by atoms with Gasteiger partial charge in [-0.15, -0.1) is 0 Å². The summed E-state index contributed by atoms with van der Waals surface area (Å²) in [5.41, 5.74) is 2.31. The fourth-order valence-corrected chi connectivity index (χ4v) is 1.70. The Morgan fingerprint density at radius 2 is 2.22 bits per heavy atom. The third-order valence-corrected chi connectivity index (χ3v) is 2.48. The fraction of sp³-hybridized carbons (Fsp3) is 0.250. The van der Waals surface area contributed by atoms with Crippen LogP contribution in [0.1, 0.15) is 12.6 Å². The van der Waals surface area contributed by atoms with Crippen molar-refractivity contribution in [2.45, 2.75) is 13.8 Å². The molecule has 2 aromatic rings. The maximum Gasteiger partial charge on any atom is 0.273 e. The van der Waals surface area contributed by atoms with Crippen LogP contribution in [0.4, 0.5) is 11.4 Å². The number of non-ortho nitro benzene ring substituents is 1. The number of anilines is 1. The van der Waals surface area contributed by atoms with E-state index < -0.39 is 4.92 Å². The molecule has 0 aliphatic rings. The molecule has 0 bridgehead atoms. The van der Waals surface area contributed by atoms with Crippen LogP contribution >= 0.6 is 0 Å². The summed E-state index contributed by atoms with van der Waals surface area (Å²) in [6, 6.07) is 6.71. The first-order chi connectivity index (χ1) is 8.60. The van der Waals surface area contributed by atoms with E-state index in [1.165, 1.54) is 12.1 Å². The molecule has 0 atom stereocenters. The second-order valence-corrected chi connectivity index (χ2v) is 3.93. The molecule has 0 saturated carbocycles. The van der Waals surface area contributed by atoms with E-state index >= 15 is 0 Å². The summed E-state index contributed by atoms with van der Waals surface area (Å²) < 4.78 is 1.63. The molecule has 6 nitrogen and oxygen atoms in total. The minimum absolute atomic E-state index is 0.0524. The summed E-state index contributed by atoms with van der Waals surface area (Å²) in [4.78, 5) is 10.5. The summed E-state index contributed by atoms with van der Waals surface area (Å²) >= 11 is 0. The molecule has 0 aliphatic heterocycles. The predicted molar refractivity (Wildman–Crippen MR) is 69.1 cm³/mol. The number of aromatic nitrogens is 2. The topological polar surface area (TPSA) is 73.0 Å². The Hall–Kier alpha value is -2.37. The van der Waals surface area contributed by atoms with Gasteiger partial charge in [-0.25, -0.2) is 4.68 Å². The number of hydrogen-bond acceptors (Lipinski definition) is 4. The van der Waals surface area contributed by atoms with E-state index in [1.54, 1.807) is 10.9 Å². The molecule has 0 aliphatic carbocycles. The van der Waals surface area contributed by atoms with Gasteiger partial charge in [0.1, 0.15) is 0 Å². The van der Waals surface area contributed by atoms with Crippen LogP contribution in [-0.4, -0.2) is 21.2 Å². The Balaban J connectivity index is 2.49. The first-order valence-electron chi connectivity index (χ1n) is 5.66. The first kappa shape index (κ1) is 12.1. The Labute approximate surface area is 104 Å². The number of nitro groups is 1. The highest BCUT2D eigenvalue weighted by atomic mass is 16.6. The highest BCUT2D eigenvalue weighted by Gasteiger charge is 2.11. The van der Waals surface area contributed by atoms with Crippen LogP contribution in [0.15, 0.2) is 30.5 Å². The number of benzene rings is 1. The van der Waals surface area contributed by atoms with E-state index in [2.05, 4.69) is 10.4 Å². The average Bonchev–Trinajstić information content (AvgIpc) is 2.76. The molecular weight excluding hydrogens is 232 g/mol. The molecule has 0 amide bonds. The largest absolute Gasteiger partial charge is 0.385 e. The minimum Gasteiger partial charge on any atom is -0.385 e. The van der Waals surface area contributed by atoms with Crippen molar-refractivity contribution in [3.63, 3.8) is 0 Å². The number of aryl methyl sites for hydroxylation is 1. The van der Waals surface area contributed by atoms with E-state index in [0.29, 0.717) is 12.2 Å². The van der Waals surface area contributed by atoms with Crippen LogP contribution in [0.5, 0.6) is 0 Å². The zero-order valence-electron chi connectivity index (χ0n) is 10.3. The third-order valence-electron chi connectivity index (χ3n) is 2.48. The van der Waals surface area contributed by atoms with Gasteiger partial charge in [0.15, 0.2) is 0 Å². The van der Waals surface area contributed by atoms with Gasteiger partial charge in [-0.05, 0) is 26.0 Å². The van der Waals surface area contributed by atoms with Crippen LogP contribution < -0.4 is 5.32 Å². The van der Waals surface area contributed by atoms with Crippen LogP contribution in [0.2, 0.25) is 0 Å². The summed E-state index contributed by atoms with van der Waals surface area (Å²) in [7, 11) is 0. The molecule has 0 spiro atoms. The molecule has 1 aromatic heterocycles. The van der Waals surface area contributed by atoms with Gasteiger partial charge in [0.05, 0.1) is 16.3 Å². The van der Waals surface area contributed by atoms with E-state index in [0.717, 1.165) is 11.4 Å². The molecule has 18 heavy (non-hydrogen) atoms. The molecule has 0 radical (unpaired) electrons. The molecule has 0 fully saturated rings. The Bertz CT molecular complexity index is 577. The van der Waals surface area contributed by atoms with Crippen LogP contribution in [0.25, 0.3) is 5.69 Å². The number of nitrogens with one attached hydrogen (secondary N) is 1. The summed E-state index contributed by atoms with van der Waals surface area (Å²) in [5.74, 6) is 0. The molecule has 1 heterocycles. The van der Waals surface area contributed by atoms with Crippen molar-refractivity contribution in [3.8, 4) is 5.69 Å². The highest BCUT2D eigenvalue weighted by Crippen LogP contribution is 2.23. The minimum atomic E-state index is -0.402. The summed E-state index contributed by atoms with van der Waals surface area (Å²) in [6.07, 6.45) is 1.78. The zero-order chi connectivity index (χ0) is 13.1. The van der Waals surface area contributed by atoms with E-state index in [9.17, 15) is 10.1 Å². The van der Waals surface area contributed by atoms with Crippen molar-refractivity contribution in [1.82, 2.24) is 9.78 Å². The van der Waals surface area contributed by atoms with E-state index in [-0.39, 0.29) is 5.69 Å². The molecular formula is C12H14N4O2. The quantitative estimate of drug-likeness (QED) is 0.664. The SMILES string of the molecule is CCNc1cc(-n2ccc(C)n2)cc([N+](=O)[O-])c1. The number of nitrogens with zero attached hydrogens (tertiary/aromatic N) is 3. The number of rotatable bonds is 4. The van der Waals surface area contributed by atoms with Gasteiger partial charge in [0.2, 0.25) is 0 Å². The zero-order valence-corrected chi connectivity index (χ0v) is 10.3. The number of nitro benzene ring substituents is 1. The standard InChI is InChI=1S/C12H14N4O2/c1-3-13-10-6-11(8-12(7-10)16(17)18)15-5-4-9(2)14-15/h4-8,13H,3H2,1-2H3. The van der Waals surface area contributed by atoms with Gasteiger partial charge >= 0.3 is 0 Å². The maximum absolute atomic E-state index is 10.9. The maximum atomic E-state index is 10.9. The summed E-state index contributed by atoms with van der Waals surface area (Å²) in [6.45, 7) is 4.52. The highest BCUT2D eigenvalue weighted by molar-refractivity contribution is 5.58. The van der Waals surface area contributed by atoms with E-state index in [1.807, 2.05) is 26.0 Å². The van der Waals surface area contributed by atoms with Gasteiger partial charge < -0.3 is 5.32 Å². The van der Waals surface area contributed by atoms with Crippen molar-refractivity contribution in [2.75, 3.05) is 11.9 Å². The average molecular weight is 246 g/mol. The normalized spacial score (nSPS) is 10.3. The van der Waals surface area contributed by atoms with Crippen molar-refractivity contribution >= 4 is 11.4 Å². The van der Waals surface area contributed by atoms with Crippen LogP contribution in [0.3, 0.4) is 0 Å². The van der Waals surface area contributed by atoms with Crippen LogP contribution in [-0.2, 0) is 0 Å². The lowest BCUT2D eigenvalue weighted by atomic mass is 10.2. The van der Waals surface area contributed by atoms with Crippen molar-refractivity contribution in [3.05, 3.63) is 46.3 Å². The molecule has 1 aromatic carbocycles. The molecule has 0 saturated heterocycles. The molecule has 94 valence electrons. The van der Waals surface area contributed by atoms with Gasteiger partial charge in [0.25, 0.3) is 5.69 Å². The molecule has 1 N–H and O–H groups in total. The second kappa shape index (κ2) is 4.87. The lowest BCUT2D eigenvalue weighted by Gasteiger charge is -2.07. The van der Waals surface area contributed by atoms with Crippen molar-refractivity contribution in [1.29, 1.82) is 0 Å². The second-order valence-electron chi connectivity index (χ2n) is 3.93. The number of hydrogen-bond donors (Lipinski definition) is 1. The Kier molecular flexibility index (Phi) is 3.27. The van der Waals surface area contributed by atoms with Crippen molar-refractivity contribution < 1.29 is 4.92 Å². The van der Waals surface area contributed by atoms with Gasteiger partial charge in [-0.2, -0.15) is 5.10 Å². The van der Waals surface area contributed by atoms with Gasteiger partial charge in [-0.1, -0.05) is 0 Å². The lowest BCUT2D eigenvalue weighted by molar-refractivity contribution is -0.384. The van der Waals surface area contributed by atoms with Crippen LogP contribution in [0, 0.1) is 17.0 Å². The van der Waals surface area contributed by atoms with Crippen molar-refractivity contribution in [2.24, 2.45) is 0 Å². The molecule has 0 unspecified atom stereocenters. The smallest absolute Gasteiger partial charge is 0.273 e.